The number of halogens is 1. The Morgan fingerprint density at radius 2 is 2.00 bits per heavy atom. The van der Waals surface area contributed by atoms with E-state index in [1.807, 2.05) is 18.2 Å². The number of ether oxygens (including phenoxy) is 1. The van der Waals surface area contributed by atoms with Crippen LogP contribution in [0.25, 0.3) is 0 Å². The molecule has 0 spiro atoms. The van der Waals surface area contributed by atoms with Crippen molar-refractivity contribution in [3.63, 3.8) is 0 Å². The number of benzene rings is 2. The van der Waals surface area contributed by atoms with Gasteiger partial charge in [0, 0.05) is 25.3 Å². The highest BCUT2D eigenvalue weighted by Gasteiger charge is 2.24. The summed E-state index contributed by atoms with van der Waals surface area (Å²) in [5.41, 5.74) is 7.85. The minimum absolute atomic E-state index is 0.244. The Labute approximate surface area is 133 Å². The van der Waals surface area contributed by atoms with E-state index in [1.54, 1.807) is 0 Å². The maximum atomic E-state index is 6.08. The average molecular weight is 347 g/mol. The quantitative estimate of drug-likeness (QED) is 0.858. The third kappa shape index (κ3) is 3.77. The number of rotatable bonds is 4. The zero-order valence-corrected chi connectivity index (χ0v) is 13.4. The molecule has 1 fully saturated rings. The van der Waals surface area contributed by atoms with Crippen molar-refractivity contribution < 1.29 is 4.74 Å². The molecule has 110 valence electrons. The second-order valence-corrected chi connectivity index (χ2v) is 6.29. The first-order valence-corrected chi connectivity index (χ1v) is 7.98. The molecule has 21 heavy (non-hydrogen) atoms. The first-order valence-electron chi connectivity index (χ1n) is 7.18. The first-order chi connectivity index (χ1) is 10.2. The van der Waals surface area contributed by atoms with Crippen molar-refractivity contribution in [2.45, 2.75) is 19.1 Å². The highest BCUT2D eigenvalue weighted by atomic mass is 79.9. The number of anilines is 1. The smallest absolute Gasteiger partial charge is 0.134 e. The van der Waals surface area contributed by atoms with Crippen molar-refractivity contribution in [2.75, 3.05) is 18.8 Å². The zero-order valence-electron chi connectivity index (χ0n) is 11.8. The van der Waals surface area contributed by atoms with Gasteiger partial charge in [-0.1, -0.05) is 30.3 Å². The molecule has 0 radical (unpaired) electrons. The van der Waals surface area contributed by atoms with E-state index < -0.39 is 0 Å². The molecule has 0 aromatic heterocycles. The molecule has 2 aromatic carbocycles. The minimum atomic E-state index is 0.244. The Bertz CT molecular complexity index is 603. The summed E-state index contributed by atoms with van der Waals surface area (Å²) in [6.07, 6.45) is 1.30. The lowest BCUT2D eigenvalue weighted by Crippen LogP contribution is -2.24. The molecule has 1 unspecified atom stereocenters. The molecule has 0 aliphatic carbocycles. The fraction of sp³-hybridized carbons (Fsp3) is 0.294. The minimum Gasteiger partial charge on any atom is -0.488 e. The SMILES string of the molecule is Nc1ccc(OC2CCN(Cc3ccccc3)C2)c(Br)c1. The fourth-order valence-electron chi connectivity index (χ4n) is 2.67. The molecule has 0 bridgehead atoms. The lowest BCUT2D eigenvalue weighted by atomic mass is 10.2. The van der Waals surface area contributed by atoms with Gasteiger partial charge in [0.2, 0.25) is 0 Å². The number of nitrogen functional groups attached to an aromatic ring is 1. The van der Waals surface area contributed by atoms with Gasteiger partial charge in [-0.05, 0) is 46.1 Å². The number of nitrogens with zero attached hydrogens (tertiary/aromatic N) is 1. The van der Waals surface area contributed by atoms with Gasteiger partial charge >= 0.3 is 0 Å². The van der Waals surface area contributed by atoms with Crippen LogP contribution >= 0.6 is 15.9 Å². The molecule has 1 heterocycles. The van der Waals surface area contributed by atoms with E-state index in [-0.39, 0.29) is 6.10 Å². The van der Waals surface area contributed by atoms with Crippen molar-refractivity contribution in [1.29, 1.82) is 0 Å². The number of hydrogen-bond acceptors (Lipinski definition) is 3. The molecule has 2 aromatic rings. The summed E-state index contributed by atoms with van der Waals surface area (Å²) in [7, 11) is 0. The van der Waals surface area contributed by atoms with Gasteiger partial charge in [0.25, 0.3) is 0 Å². The molecule has 1 saturated heterocycles. The zero-order chi connectivity index (χ0) is 14.7. The van der Waals surface area contributed by atoms with Crippen molar-refractivity contribution in [3.05, 3.63) is 58.6 Å². The second-order valence-electron chi connectivity index (χ2n) is 5.44. The summed E-state index contributed by atoms with van der Waals surface area (Å²) in [6, 6.07) is 16.3. The van der Waals surface area contributed by atoms with E-state index in [1.165, 1.54) is 5.56 Å². The van der Waals surface area contributed by atoms with Gasteiger partial charge in [0.1, 0.15) is 11.9 Å². The van der Waals surface area contributed by atoms with E-state index in [2.05, 4.69) is 51.2 Å². The number of nitrogens with two attached hydrogens (primary N) is 1. The highest BCUT2D eigenvalue weighted by molar-refractivity contribution is 9.10. The topological polar surface area (TPSA) is 38.5 Å². The summed E-state index contributed by atoms with van der Waals surface area (Å²) in [5.74, 6) is 0.871. The van der Waals surface area contributed by atoms with Crippen molar-refractivity contribution >= 4 is 21.6 Å². The van der Waals surface area contributed by atoms with Crippen LogP contribution in [0.2, 0.25) is 0 Å². The Balaban J connectivity index is 1.57. The van der Waals surface area contributed by atoms with Gasteiger partial charge in [0.15, 0.2) is 0 Å². The molecule has 0 saturated carbocycles. The van der Waals surface area contributed by atoms with Crippen molar-refractivity contribution in [3.8, 4) is 5.75 Å². The van der Waals surface area contributed by atoms with Crippen LogP contribution in [0.1, 0.15) is 12.0 Å². The summed E-state index contributed by atoms with van der Waals surface area (Å²) in [4.78, 5) is 2.44. The van der Waals surface area contributed by atoms with Gasteiger partial charge in [-0.2, -0.15) is 0 Å². The van der Waals surface area contributed by atoms with Crippen LogP contribution in [0.5, 0.6) is 5.75 Å². The summed E-state index contributed by atoms with van der Waals surface area (Å²) >= 11 is 3.50. The van der Waals surface area contributed by atoms with Crippen LogP contribution in [-0.2, 0) is 6.54 Å². The maximum absolute atomic E-state index is 6.08. The predicted octanol–water partition coefficient (Wildman–Crippen LogP) is 3.68. The van der Waals surface area contributed by atoms with Crippen LogP contribution in [0.15, 0.2) is 53.0 Å². The van der Waals surface area contributed by atoms with Crippen LogP contribution in [0, 0.1) is 0 Å². The standard InChI is InChI=1S/C17H19BrN2O/c18-16-10-14(19)6-7-17(16)21-15-8-9-20(12-15)11-13-4-2-1-3-5-13/h1-7,10,15H,8-9,11-12,19H2. The van der Waals surface area contributed by atoms with Crippen LogP contribution in [0.3, 0.4) is 0 Å². The summed E-state index contributed by atoms with van der Waals surface area (Å²) in [6.45, 7) is 3.03. The van der Waals surface area contributed by atoms with Gasteiger partial charge in [-0.25, -0.2) is 0 Å². The lowest BCUT2D eigenvalue weighted by Gasteiger charge is -2.17. The number of hydrogen-bond donors (Lipinski definition) is 1. The molecule has 1 aliphatic heterocycles. The highest BCUT2D eigenvalue weighted by Crippen LogP contribution is 2.29. The predicted molar refractivity (Wildman–Crippen MR) is 89.3 cm³/mol. The van der Waals surface area contributed by atoms with E-state index in [0.717, 1.165) is 42.0 Å². The molecule has 3 nitrogen and oxygen atoms in total. The van der Waals surface area contributed by atoms with E-state index >= 15 is 0 Å². The third-order valence-electron chi connectivity index (χ3n) is 3.73. The molecule has 1 aliphatic rings. The molecule has 0 amide bonds. The summed E-state index contributed by atoms with van der Waals surface area (Å²) < 4.78 is 7.01. The van der Waals surface area contributed by atoms with Crippen molar-refractivity contribution in [1.82, 2.24) is 4.90 Å². The van der Waals surface area contributed by atoms with Crippen LogP contribution in [0.4, 0.5) is 5.69 Å². The van der Waals surface area contributed by atoms with Crippen LogP contribution < -0.4 is 10.5 Å². The van der Waals surface area contributed by atoms with Gasteiger partial charge in [0.05, 0.1) is 4.47 Å². The Morgan fingerprint density at radius 3 is 2.76 bits per heavy atom. The van der Waals surface area contributed by atoms with Crippen molar-refractivity contribution in [2.24, 2.45) is 0 Å². The van der Waals surface area contributed by atoms with Gasteiger partial charge in [-0.15, -0.1) is 0 Å². The molecular formula is C17H19BrN2O. The van der Waals surface area contributed by atoms with E-state index in [4.69, 9.17) is 10.5 Å². The second kappa shape index (κ2) is 6.50. The normalized spacial score (nSPS) is 18.8. The monoisotopic (exact) mass is 346 g/mol. The molecule has 3 rings (SSSR count). The number of likely N-dealkylation sites (tertiary alicyclic amines) is 1. The fourth-order valence-corrected chi connectivity index (χ4v) is 3.16. The first kappa shape index (κ1) is 14.4. The Morgan fingerprint density at radius 1 is 1.19 bits per heavy atom. The Kier molecular flexibility index (Phi) is 4.46. The largest absolute Gasteiger partial charge is 0.488 e. The molecule has 1 atom stereocenters. The Hall–Kier alpha value is -1.52. The molecule has 2 N–H and O–H groups in total. The molecular weight excluding hydrogens is 328 g/mol. The summed E-state index contributed by atoms with van der Waals surface area (Å²) in [5, 5.41) is 0. The van der Waals surface area contributed by atoms with E-state index in [9.17, 15) is 0 Å². The van der Waals surface area contributed by atoms with Gasteiger partial charge in [-0.3, -0.25) is 4.90 Å². The average Bonchev–Trinajstić information content (AvgIpc) is 2.90. The lowest BCUT2D eigenvalue weighted by molar-refractivity contribution is 0.197. The van der Waals surface area contributed by atoms with Crippen LogP contribution in [-0.4, -0.2) is 24.1 Å². The molecule has 4 heteroatoms. The van der Waals surface area contributed by atoms with E-state index in [0.29, 0.717) is 0 Å². The van der Waals surface area contributed by atoms with Gasteiger partial charge < -0.3 is 10.5 Å². The maximum Gasteiger partial charge on any atom is 0.134 e. The third-order valence-corrected chi connectivity index (χ3v) is 4.35.